The van der Waals surface area contributed by atoms with Gasteiger partial charge in [0.1, 0.15) is 11.9 Å². The number of primary sulfonamides is 1. The normalized spacial score (nSPS) is 12.3. The Hall–Kier alpha value is -3.67. The molecule has 0 atom stereocenters. The van der Waals surface area contributed by atoms with Gasteiger partial charge in [0.2, 0.25) is 10.0 Å². The van der Waals surface area contributed by atoms with Crippen LogP contribution in [0.3, 0.4) is 0 Å². The lowest BCUT2D eigenvalue weighted by Gasteiger charge is -2.10. The Morgan fingerprint density at radius 3 is 2.50 bits per heavy atom. The van der Waals surface area contributed by atoms with E-state index in [-0.39, 0.29) is 4.90 Å². The average molecular weight is 417 g/mol. The van der Waals surface area contributed by atoms with Gasteiger partial charge in [0.05, 0.1) is 21.5 Å². The van der Waals surface area contributed by atoms with Crippen molar-refractivity contribution in [1.82, 2.24) is 14.5 Å². The summed E-state index contributed by atoms with van der Waals surface area (Å²) in [6.07, 6.45) is 1.80. The number of nitrogens with two attached hydrogens (primary N) is 1. The summed E-state index contributed by atoms with van der Waals surface area (Å²) in [4.78, 5) is 7.75. The Bertz CT molecular complexity index is 1400. The largest absolute Gasteiger partial charge is 0.337 e. The third-order valence-corrected chi connectivity index (χ3v) is 5.89. The quantitative estimate of drug-likeness (QED) is 0.492. The fourth-order valence-corrected chi connectivity index (χ4v) is 4.02. The van der Waals surface area contributed by atoms with Crippen molar-refractivity contribution in [2.24, 2.45) is 5.14 Å². The lowest BCUT2D eigenvalue weighted by atomic mass is 10.1. The first-order valence-electron chi connectivity index (χ1n) is 9.17. The van der Waals surface area contributed by atoms with Crippen LogP contribution in [0.1, 0.15) is 22.8 Å². The number of nitrogens with zero attached hydrogens (tertiary/aromatic N) is 3. The van der Waals surface area contributed by atoms with Gasteiger partial charge in [-0.1, -0.05) is 12.1 Å². The molecule has 2 heterocycles. The zero-order valence-electron chi connectivity index (χ0n) is 16.4. The van der Waals surface area contributed by atoms with Gasteiger partial charge in [0.15, 0.2) is 0 Å². The highest BCUT2D eigenvalue weighted by atomic mass is 32.2. The highest BCUT2D eigenvalue weighted by molar-refractivity contribution is 7.89. The van der Waals surface area contributed by atoms with Gasteiger partial charge in [0.25, 0.3) is 0 Å². The number of hydrogen-bond acceptors (Lipinski definition) is 4. The van der Waals surface area contributed by atoms with Crippen molar-refractivity contribution in [2.75, 3.05) is 0 Å². The van der Waals surface area contributed by atoms with Gasteiger partial charge >= 0.3 is 0 Å². The van der Waals surface area contributed by atoms with Crippen molar-refractivity contribution in [1.29, 1.82) is 5.26 Å². The highest BCUT2D eigenvalue weighted by Crippen LogP contribution is 2.26. The van der Waals surface area contributed by atoms with Crippen LogP contribution in [-0.2, 0) is 10.0 Å². The lowest BCUT2D eigenvalue weighted by Crippen LogP contribution is -2.12. The molecule has 0 unspecified atom stereocenters. The van der Waals surface area contributed by atoms with Crippen molar-refractivity contribution in [3.63, 3.8) is 0 Å². The number of aryl methyl sites for hydroxylation is 1. The Morgan fingerprint density at radius 1 is 1.17 bits per heavy atom. The Labute approximate surface area is 174 Å². The Balaban J connectivity index is 1.76. The zero-order valence-corrected chi connectivity index (χ0v) is 17.2. The van der Waals surface area contributed by atoms with Gasteiger partial charge in [-0.3, -0.25) is 0 Å². The number of aromatic amines is 1. The van der Waals surface area contributed by atoms with E-state index in [1.54, 1.807) is 18.2 Å². The molecule has 4 aromatic rings. The molecule has 8 heteroatoms. The second kappa shape index (κ2) is 7.30. The molecule has 2 aromatic heterocycles. The summed E-state index contributed by atoms with van der Waals surface area (Å²) in [5, 5.41) is 14.9. The van der Waals surface area contributed by atoms with E-state index in [2.05, 4.69) is 16.0 Å². The number of fused-ring (bicyclic) bond motifs is 1. The molecule has 0 amide bonds. The van der Waals surface area contributed by atoms with E-state index in [0.717, 1.165) is 33.7 Å². The average Bonchev–Trinajstić information content (AvgIpc) is 3.26. The van der Waals surface area contributed by atoms with Crippen molar-refractivity contribution < 1.29 is 8.42 Å². The Morgan fingerprint density at radius 2 is 1.87 bits per heavy atom. The van der Waals surface area contributed by atoms with Gasteiger partial charge in [-0.2, -0.15) is 5.26 Å². The summed E-state index contributed by atoms with van der Waals surface area (Å²) >= 11 is 0. The summed E-state index contributed by atoms with van der Waals surface area (Å²) in [7, 11) is -3.74. The maximum Gasteiger partial charge on any atom is 0.238 e. The minimum absolute atomic E-state index is 0.0606. The standard InChI is InChI=1S/C22H19N5O2S/c1-14-11-16(12-17(13-23)22-25-20-5-3-4-6-21(20)26-22)15(2)27(14)18-7-9-19(10-8-18)30(24,28)29/h3-12H,1-2H3,(H,25,26)(H2,24,28,29)/b17-12-. The van der Waals surface area contributed by atoms with Crippen LogP contribution in [0.2, 0.25) is 0 Å². The molecule has 7 nitrogen and oxygen atoms in total. The van der Waals surface area contributed by atoms with E-state index in [0.29, 0.717) is 11.4 Å². The minimum Gasteiger partial charge on any atom is -0.337 e. The molecule has 0 bridgehead atoms. The molecule has 150 valence electrons. The third kappa shape index (κ3) is 3.52. The zero-order chi connectivity index (χ0) is 21.5. The molecule has 0 fully saturated rings. The van der Waals surface area contributed by atoms with E-state index >= 15 is 0 Å². The molecule has 3 N–H and O–H groups in total. The van der Waals surface area contributed by atoms with Gasteiger partial charge in [-0.15, -0.1) is 0 Å². The number of nitriles is 1. The summed E-state index contributed by atoms with van der Waals surface area (Å²) in [5.41, 5.74) is 5.64. The summed E-state index contributed by atoms with van der Waals surface area (Å²) < 4.78 is 25.0. The van der Waals surface area contributed by atoms with Crippen molar-refractivity contribution in [3.05, 3.63) is 77.4 Å². The number of rotatable bonds is 4. The number of para-hydroxylation sites is 2. The molecule has 0 saturated heterocycles. The van der Waals surface area contributed by atoms with Gasteiger partial charge in [-0.05, 0) is 68.0 Å². The molecular formula is C22H19N5O2S. The van der Waals surface area contributed by atoms with Gasteiger partial charge in [0, 0.05) is 17.1 Å². The summed E-state index contributed by atoms with van der Waals surface area (Å²) in [6, 6.07) is 18.2. The molecule has 0 radical (unpaired) electrons. The number of H-pyrrole nitrogens is 1. The first-order valence-corrected chi connectivity index (χ1v) is 10.7. The van der Waals surface area contributed by atoms with E-state index in [1.807, 2.05) is 48.7 Å². The lowest BCUT2D eigenvalue weighted by molar-refractivity contribution is 0.598. The topological polar surface area (TPSA) is 118 Å². The highest BCUT2D eigenvalue weighted by Gasteiger charge is 2.14. The predicted octanol–water partition coefficient (Wildman–Crippen LogP) is 3.68. The monoisotopic (exact) mass is 417 g/mol. The van der Waals surface area contributed by atoms with Crippen LogP contribution in [0, 0.1) is 25.2 Å². The second-order valence-corrected chi connectivity index (χ2v) is 8.53. The van der Waals surface area contributed by atoms with Crippen molar-refractivity contribution in [3.8, 4) is 11.8 Å². The van der Waals surface area contributed by atoms with E-state index in [9.17, 15) is 13.7 Å². The maximum atomic E-state index is 11.5. The van der Waals surface area contributed by atoms with E-state index in [4.69, 9.17) is 5.14 Å². The summed E-state index contributed by atoms with van der Waals surface area (Å²) in [5.74, 6) is 0.515. The van der Waals surface area contributed by atoms with Crippen LogP contribution in [0.4, 0.5) is 0 Å². The van der Waals surface area contributed by atoms with E-state index < -0.39 is 10.0 Å². The molecule has 30 heavy (non-hydrogen) atoms. The molecule has 0 saturated carbocycles. The molecule has 4 rings (SSSR count). The number of allylic oxidation sites excluding steroid dienone is 1. The number of aromatic nitrogens is 3. The van der Waals surface area contributed by atoms with Gasteiger partial charge < -0.3 is 9.55 Å². The molecule has 2 aromatic carbocycles. The number of sulfonamides is 1. The first kappa shape index (κ1) is 19.6. The molecule has 0 aliphatic heterocycles. The van der Waals surface area contributed by atoms with Crippen LogP contribution in [0.5, 0.6) is 0 Å². The molecule has 0 spiro atoms. The van der Waals surface area contributed by atoms with Crippen molar-refractivity contribution in [2.45, 2.75) is 18.7 Å². The second-order valence-electron chi connectivity index (χ2n) is 6.97. The smallest absolute Gasteiger partial charge is 0.238 e. The maximum absolute atomic E-state index is 11.5. The van der Waals surface area contributed by atoms with Crippen LogP contribution in [0.25, 0.3) is 28.4 Å². The number of imidazole rings is 1. The van der Waals surface area contributed by atoms with Crippen LogP contribution < -0.4 is 5.14 Å². The van der Waals surface area contributed by atoms with Crippen molar-refractivity contribution >= 4 is 32.7 Å². The Kier molecular flexibility index (Phi) is 4.78. The van der Waals surface area contributed by atoms with Gasteiger partial charge in [-0.25, -0.2) is 18.5 Å². The predicted molar refractivity (Wildman–Crippen MR) is 116 cm³/mol. The van der Waals surface area contributed by atoms with E-state index in [1.165, 1.54) is 12.1 Å². The SMILES string of the molecule is Cc1cc(/C=C(/C#N)c2nc3ccccc3[nH]2)c(C)n1-c1ccc(S(N)(=O)=O)cc1. The molecule has 0 aliphatic rings. The van der Waals surface area contributed by atoms with Crippen LogP contribution >= 0.6 is 0 Å². The summed E-state index contributed by atoms with van der Waals surface area (Å²) in [6.45, 7) is 3.89. The number of benzene rings is 2. The number of nitrogens with one attached hydrogen (secondary N) is 1. The van der Waals surface area contributed by atoms with Crippen LogP contribution in [-0.4, -0.2) is 23.0 Å². The molecule has 0 aliphatic carbocycles. The first-order chi connectivity index (χ1) is 14.3. The number of hydrogen-bond donors (Lipinski definition) is 2. The molecular weight excluding hydrogens is 398 g/mol. The third-order valence-electron chi connectivity index (χ3n) is 4.96. The minimum atomic E-state index is -3.74. The van der Waals surface area contributed by atoms with Crippen LogP contribution in [0.15, 0.2) is 59.5 Å². The fraction of sp³-hybridized carbons (Fsp3) is 0.0909. The fourth-order valence-electron chi connectivity index (χ4n) is 3.51.